The third kappa shape index (κ3) is 3.62. The van der Waals surface area contributed by atoms with Gasteiger partial charge in [-0.05, 0) is 37.3 Å². The number of nitrogens with zero attached hydrogens (tertiary/aromatic N) is 1. The van der Waals surface area contributed by atoms with Crippen LogP contribution in [-0.2, 0) is 0 Å². The minimum Gasteiger partial charge on any atom is -0.370 e. The normalized spacial score (nSPS) is 10.2. The van der Waals surface area contributed by atoms with Crippen LogP contribution in [-0.4, -0.2) is 17.4 Å². The van der Waals surface area contributed by atoms with Gasteiger partial charge in [-0.15, -0.1) is 0 Å². The van der Waals surface area contributed by atoms with E-state index in [1.807, 2.05) is 6.92 Å². The quantitative estimate of drug-likeness (QED) is 0.895. The fourth-order valence-corrected chi connectivity index (χ4v) is 2.09. The molecule has 1 heterocycles. The van der Waals surface area contributed by atoms with Gasteiger partial charge in [0.05, 0.1) is 10.7 Å². The second-order valence-corrected chi connectivity index (χ2v) is 4.88. The summed E-state index contributed by atoms with van der Waals surface area (Å²) in [6.07, 6.45) is 1.58. The van der Waals surface area contributed by atoms with Gasteiger partial charge < -0.3 is 10.6 Å². The van der Waals surface area contributed by atoms with Crippen molar-refractivity contribution in [3.63, 3.8) is 0 Å². The molecule has 6 heteroatoms. The molecule has 0 fully saturated rings. The summed E-state index contributed by atoms with van der Waals surface area (Å²) >= 11 is 11.8. The monoisotopic (exact) mass is 309 g/mol. The zero-order valence-corrected chi connectivity index (χ0v) is 12.3. The maximum atomic E-state index is 12.1. The maximum absolute atomic E-state index is 12.1. The average molecular weight is 310 g/mol. The number of hydrogen-bond acceptors (Lipinski definition) is 3. The van der Waals surface area contributed by atoms with Crippen molar-refractivity contribution in [1.29, 1.82) is 0 Å². The standard InChI is InChI=1S/C14H13Cl2N3O/c1-2-17-13-7-9(5-6-18-13)14(20)19-12-4-3-10(15)8-11(12)16/h3-8H,2H2,1H3,(H,17,18)(H,19,20). The van der Waals surface area contributed by atoms with Crippen LogP contribution in [0.25, 0.3) is 0 Å². The van der Waals surface area contributed by atoms with Gasteiger partial charge in [-0.25, -0.2) is 4.98 Å². The number of anilines is 2. The van der Waals surface area contributed by atoms with Gasteiger partial charge in [0.25, 0.3) is 5.91 Å². The molecule has 104 valence electrons. The number of carbonyl (C=O) groups is 1. The van der Waals surface area contributed by atoms with Crippen molar-refractivity contribution in [3.05, 3.63) is 52.1 Å². The number of carbonyl (C=O) groups excluding carboxylic acids is 1. The van der Waals surface area contributed by atoms with Gasteiger partial charge in [0.15, 0.2) is 0 Å². The van der Waals surface area contributed by atoms with Crippen LogP contribution in [0, 0.1) is 0 Å². The number of hydrogen-bond donors (Lipinski definition) is 2. The van der Waals surface area contributed by atoms with E-state index >= 15 is 0 Å². The van der Waals surface area contributed by atoms with E-state index in [1.54, 1.807) is 36.5 Å². The predicted octanol–water partition coefficient (Wildman–Crippen LogP) is 4.07. The topological polar surface area (TPSA) is 54.0 Å². The van der Waals surface area contributed by atoms with Crippen molar-refractivity contribution in [1.82, 2.24) is 4.98 Å². The van der Waals surface area contributed by atoms with Crippen LogP contribution < -0.4 is 10.6 Å². The lowest BCUT2D eigenvalue weighted by Crippen LogP contribution is -2.13. The summed E-state index contributed by atoms with van der Waals surface area (Å²) < 4.78 is 0. The predicted molar refractivity (Wildman–Crippen MR) is 82.8 cm³/mol. The minimum absolute atomic E-state index is 0.254. The first kappa shape index (κ1) is 14.6. The van der Waals surface area contributed by atoms with E-state index in [2.05, 4.69) is 15.6 Å². The van der Waals surface area contributed by atoms with Gasteiger partial charge in [-0.3, -0.25) is 4.79 Å². The molecule has 0 atom stereocenters. The van der Waals surface area contributed by atoms with Crippen LogP contribution in [0.3, 0.4) is 0 Å². The molecular formula is C14H13Cl2N3O. The molecule has 0 spiro atoms. The van der Waals surface area contributed by atoms with E-state index in [9.17, 15) is 4.79 Å². The number of rotatable bonds is 4. The van der Waals surface area contributed by atoms with Crippen molar-refractivity contribution in [3.8, 4) is 0 Å². The number of benzene rings is 1. The van der Waals surface area contributed by atoms with E-state index in [0.717, 1.165) is 6.54 Å². The van der Waals surface area contributed by atoms with Crippen LogP contribution in [0.2, 0.25) is 10.0 Å². The first-order valence-corrected chi connectivity index (χ1v) is 6.82. The Balaban J connectivity index is 2.17. The lowest BCUT2D eigenvalue weighted by atomic mass is 10.2. The van der Waals surface area contributed by atoms with Crippen LogP contribution in [0.1, 0.15) is 17.3 Å². The molecule has 20 heavy (non-hydrogen) atoms. The molecule has 1 amide bonds. The molecule has 0 radical (unpaired) electrons. The Labute approximate surface area is 127 Å². The van der Waals surface area contributed by atoms with Crippen molar-refractivity contribution >= 4 is 40.6 Å². The molecule has 0 aliphatic carbocycles. The smallest absolute Gasteiger partial charge is 0.255 e. The van der Waals surface area contributed by atoms with Gasteiger partial charge in [0.2, 0.25) is 0 Å². The third-order valence-electron chi connectivity index (χ3n) is 2.56. The van der Waals surface area contributed by atoms with Gasteiger partial charge in [-0.2, -0.15) is 0 Å². The average Bonchev–Trinajstić information content (AvgIpc) is 2.42. The SMILES string of the molecule is CCNc1cc(C(=O)Nc2ccc(Cl)cc2Cl)ccn1. The summed E-state index contributed by atoms with van der Waals surface area (Å²) in [5.74, 6) is 0.401. The number of halogens is 2. The maximum Gasteiger partial charge on any atom is 0.255 e. The summed E-state index contributed by atoms with van der Waals surface area (Å²) in [4.78, 5) is 16.3. The van der Waals surface area contributed by atoms with E-state index in [-0.39, 0.29) is 5.91 Å². The number of nitrogens with one attached hydrogen (secondary N) is 2. The van der Waals surface area contributed by atoms with Crippen molar-refractivity contribution in [2.75, 3.05) is 17.2 Å². The Bertz CT molecular complexity index is 632. The molecule has 0 aliphatic heterocycles. The highest BCUT2D eigenvalue weighted by Gasteiger charge is 2.09. The fourth-order valence-electron chi connectivity index (χ4n) is 1.63. The number of pyridine rings is 1. The van der Waals surface area contributed by atoms with Crippen LogP contribution in [0.5, 0.6) is 0 Å². The third-order valence-corrected chi connectivity index (χ3v) is 3.11. The van der Waals surface area contributed by atoms with Crippen molar-refractivity contribution in [2.45, 2.75) is 6.92 Å². The van der Waals surface area contributed by atoms with Crippen LogP contribution in [0.4, 0.5) is 11.5 Å². The molecule has 0 saturated heterocycles. The van der Waals surface area contributed by atoms with E-state index in [4.69, 9.17) is 23.2 Å². The number of aromatic nitrogens is 1. The summed E-state index contributed by atoms with van der Waals surface area (Å²) in [7, 11) is 0. The molecule has 2 N–H and O–H groups in total. The Morgan fingerprint density at radius 3 is 2.75 bits per heavy atom. The second-order valence-electron chi connectivity index (χ2n) is 4.04. The zero-order chi connectivity index (χ0) is 14.5. The van der Waals surface area contributed by atoms with E-state index in [0.29, 0.717) is 27.1 Å². The van der Waals surface area contributed by atoms with Crippen LogP contribution >= 0.6 is 23.2 Å². The van der Waals surface area contributed by atoms with Gasteiger partial charge in [-0.1, -0.05) is 23.2 Å². The minimum atomic E-state index is -0.254. The summed E-state index contributed by atoms with van der Waals surface area (Å²) in [5, 5.41) is 6.70. The van der Waals surface area contributed by atoms with Crippen molar-refractivity contribution in [2.24, 2.45) is 0 Å². The Kier molecular flexibility index (Phi) is 4.82. The Morgan fingerprint density at radius 2 is 2.05 bits per heavy atom. The molecule has 0 saturated carbocycles. The molecular weight excluding hydrogens is 297 g/mol. The second kappa shape index (κ2) is 6.59. The van der Waals surface area contributed by atoms with Gasteiger partial charge in [0, 0.05) is 23.3 Å². The number of amides is 1. The zero-order valence-electron chi connectivity index (χ0n) is 10.8. The highest BCUT2D eigenvalue weighted by molar-refractivity contribution is 6.36. The molecule has 2 aromatic rings. The van der Waals surface area contributed by atoms with Crippen LogP contribution in [0.15, 0.2) is 36.5 Å². The summed E-state index contributed by atoms with van der Waals surface area (Å²) in [6, 6.07) is 8.23. The first-order valence-electron chi connectivity index (χ1n) is 6.06. The van der Waals surface area contributed by atoms with Gasteiger partial charge in [0.1, 0.15) is 5.82 Å². The largest absolute Gasteiger partial charge is 0.370 e. The lowest BCUT2D eigenvalue weighted by Gasteiger charge is -2.08. The molecule has 4 nitrogen and oxygen atoms in total. The fraction of sp³-hybridized carbons (Fsp3) is 0.143. The molecule has 0 bridgehead atoms. The van der Waals surface area contributed by atoms with E-state index < -0.39 is 0 Å². The molecule has 1 aromatic carbocycles. The van der Waals surface area contributed by atoms with Crippen molar-refractivity contribution < 1.29 is 4.79 Å². The van der Waals surface area contributed by atoms with Gasteiger partial charge >= 0.3 is 0 Å². The molecule has 2 rings (SSSR count). The van der Waals surface area contributed by atoms with E-state index in [1.165, 1.54) is 0 Å². The molecule has 0 unspecified atom stereocenters. The Hall–Kier alpha value is -1.78. The molecule has 0 aliphatic rings. The highest BCUT2D eigenvalue weighted by Crippen LogP contribution is 2.25. The lowest BCUT2D eigenvalue weighted by molar-refractivity contribution is 0.102. The highest BCUT2D eigenvalue weighted by atomic mass is 35.5. The first-order chi connectivity index (χ1) is 9.60. The molecule has 1 aromatic heterocycles. The summed E-state index contributed by atoms with van der Waals surface area (Å²) in [6.45, 7) is 2.70. The Morgan fingerprint density at radius 1 is 1.25 bits per heavy atom. The summed E-state index contributed by atoms with van der Waals surface area (Å²) in [5.41, 5.74) is 1.02.